The van der Waals surface area contributed by atoms with Gasteiger partial charge in [0.1, 0.15) is 5.82 Å². The fourth-order valence-electron chi connectivity index (χ4n) is 4.50. The molecule has 4 nitrogen and oxygen atoms in total. The summed E-state index contributed by atoms with van der Waals surface area (Å²) in [5.41, 5.74) is 2.96. The van der Waals surface area contributed by atoms with Crippen molar-refractivity contribution in [3.63, 3.8) is 0 Å². The number of carbonyl (C=O) groups excluding carboxylic acids is 2. The lowest BCUT2D eigenvalue weighted by Gasteiger charge is -2.31. The normalized spacial score (nSPS) is 14.3. The van der Waals surface area contributed by atoms with Crippen LogP contribution in [0.5, 0.6) is 0 Å². The van der Waals surface area contributed by atoms with Crippen LogP contribution < -0.4 is 5.32 Å². The Morgan fingerprint density at radius 2 is 1.39 bits per heavy atom. The van der Waals surface area contributed by atoms with Crippen molar-refractivity contribution in [1.82, 2.24) is 10.2 Å². The molecule has 5 heteroatoms. The summed E-state index contributed by atoms with van der Waals surface area (Å²) in [6.45, 7) is 1.66. The Morgan fingerprint density at radius 1 is 0.848 bits per heavy atom. The molecule has 0 saturated carbocycles. The maximum absolute atomic E-state index is 13.1. The van der Waals surface area contributed by atoms with E-state index in [1.807, 2.05) is 36.4 Å². The average molecular weight is 445 g/mol. The van der Waals surface area contributed by atoms with Gasteiger partial charge >= 0.3 is 0 Å². The standard InChI is InChI=1S/C28H29FN2O2/c29-25-13-11-24(12-14-25)28(33)31-19-16-23(17-20-31)27(32)30-18-15-26(21-7-3-1-4-8-21)22-9-5-2-6-10-22/h1-14,23,26H,15-20H2,(H,30,32). The molecule has 0 unspecified atom stereocenters. The fourth-order valence-corrected chi connectivity index (χ4v) is 4.50. The molecule has 3 aromatic rings. The maximum Gasteiger partial charge on any atom is 0.253 e. The smallest absolute Gasteiger partial charge is 0.253 e. The molecule has 4 rings (SSSR count). The number of nitrogens with one attached hydrogen (secondary N) is 1. The third kappa shape index (κ3) is 5.86. The van der Waals surface area contributed by atoms with Crippen molar-refractivity contribution in [3.05, 3.63) is 107 Å². The molecule has 0 aliphatic carbocycles. The minimum atomic E-state index is -0.358. The minimum Gasteiger partial charge on any atom is -0.356 e. The Labute approximate surface area is 194 Å². The van der Waals surface area contributed by atoms with E-state index in [1.165, 1.54) is 35.4 Å². The second-order valence-electron chi connectivity index (χ2n) is 8.53. The first-order valence-electron chi connectivity index (χ1n) is 11.5. The van der Waals surface area contributed by atoms with E-state index in [9.17, 15) is 14.0 Å². The lowest BCUT2D eigenvalue weighted by molar-refractivity contribution is -0.126. The van der Waals surface area contributed by atoms with Crippen LogP contribution in [0.2, 0.25) is 0 Å². The molecule has 0 spiro atoms. The van der Waals surface area contributed by atoms with E-state index >= 15 is 0 Å². The van der Waals surface area contributed by atoms with Crippen molar-refractivity contribution in [3.8, 4) is 0 Å². The summed E-state index contributed by atoms with van der Waals surface area (Å²) < 4.78 is 13.1. The van der Waals surface area contributed by atoms with Gasteiger partial charge in [-0.1, -0.05) is 60.7 Å². The highest BCUT2D eigenvalue weighted by atomic mass is 19.1. The van der Waals surface area contributed by atoms with Crippen LogP contribution in [0.1, 0.15) is 46.7 Å². The maximum atomic E-state index is 13.1. The third-order valence-corrected chi connectivity index (χ3v) is 6.38. The van der Waals surface area contributed by atoms with E-state index in [0.29, 0.717) is 38.0 Å². The third-order valence-electron chi connectivity index (χ3n) is 6.38. The number of likely N-dealkylation sites (tertiary alicyclic amines) is 1. The summed E-state index contributed by atoms with van der Waals surface area (Å²) >= 11 is 0. The molecular weight excluding hydrogens is 415 g/mol. The topological polar surface area (TPSA) is 49.4 Å². The second kappa shape index (κ2) is 10.9. The monoisotopic (exact) mass is 444 g/mol. The molecule has 1 fully saturated rings. The Hall–Kier alpha value is -3.47. The Bertz CT molecular complexity index is 1010. The van der Waals surface area contributed by atoms with E-state index < -0.39 is 0 Å². The van der Waals surface area contributed by atoms with E-state index in [4.69, 9.17) is 0 Å². The number of hydrogen-bond donors (Lipinski definition) is 1. The molecule has 1 aliphatic heterocycles. The molecule has 0 atom stereocenters. The SMILES string of the molecule is O=C(NCCC(c1ccccc1)c1ccccc1)C1CCN(C(=O)c2ccc(F)cc2)CC1. The van der Waals surface area contributed by atoms with Gasteiger partial charge in [-0.2, -0.15) is 0 Å². The highest BCUT2D eigenvalue weighted by Gasteiger charge is 2.28. The molecule has 1 aliphatic rings. The van der Waals surface area contributed by atoms with Gasteiger partial charge in [0.2, 0.25) is 5.91 Å². The van der Waals surface area contributed by atoms with Crippen LogP contribution in [-0.4, -0.2) is 36.3 Å². The van der Waals surface area contributed by atoms with E-state index in [2.05, 4.69) is 29.6 Å². The quantitative estimate of drug-likeness (QED) is 0.557. The Balaban J connectivity index is 1.28. The van der Waals surface area contributed by atoms with Crippen molar-refractivity contribution in [1.29, 1.82) is 0 Å². The first-order valence-corrected chi connectivity index (χ1v) is 11.5. The highest BCUT2D eigenvalue weighted by Crippen LogP contribution is 2.27. The molecule has 1 saturated heterocycles. The van der Waals surface area contributed by atoms with Crippen LogP contribution >= 0.6 is 0 Å². The van der Waals surface area contributed by atoms with Gasteiger partial charge in [-0.25, -0.2) is 4.39 Å². The van der Waals surface area contributed by atoms with E-state index in [0.717, 1.165) is 6.42 Å². The van der Waals surface area contributed by atoms with Gasteiger partial charge in [-0.05, 0) is 54.7 Å². The zero-order chi connectivity index (χ0) is 23.0. The molecule has 0 radical (unpaired) electrons. The molecule has 2 amide bonds. The van der Waals surface area contributed by atoms with Gasteiger partial charge in [0.05, 0.1) is 0 Å². The lowest BCUT2D eigenvalue weighted by Crippen LogP contribution is -2.43. The molecule has 170 valence electrons. The van der Waals surface area contributed by atoms with Gasteiger partial charge in [-0.3, -0.25) is 9.59 Å². The van der Waals surface area contributed by atoms with Crippen molar-refractivity contribution >= 4 is 11.8 Å². The van der Waals surface area contributed by atoms with Gasteiger partial charge in [0.15, 0.2) is 0 Å². The summed E-state index contributed by atoms with van der Waals surface area (Å²) in [5.74, 6) is -0.271. The van der Waals surface area contributed by atoms with Crippen LogP contribution in [-0.2, 0) is 4.79 Å². The number of carbonyl (C=O) groups is 2. The summed E-state index contributed by atoms with van der Waals surface area (Å²) in [7, 11) is 0. The van der Waals surface area contributed by atoms with Crippen LogP contribution in [0.4, 0.5) is 4.39 Å². The molecule has 0 aromatic heterocycles. The van der Waals surface area contributed by atoms with Crippen LogP contribution in [0.15, 0.2) is 84.9 Å². The van der Waals surface area contributed by atoms with Crippen molar-refractivity contribution in [2.24, 2.45) is 5.92 Å². The van der Waals surface area contributed by atoms with E-state index in [1.54, 1.807) is 4.90 Å². The predicted molar refractivity (Wildman–Crippen MR) is 127 cm³/mol. The number of halogens is 1. The fraction of sp³-hybridized carbons (Fsp3) is 0.286. The number of amides is 2. The lowest BCUT2D eigenvalue weighted by atomic mass is 9.88. The summed E-state index contributed by atoms with van der Waals surface area (Å²) in [4.78, 5) is 27.1. The Morgan fingerprint density at radius 3 is 1.94 bits per heavy atom. The molecule has 1 heterocycles. The van der Waals surface area contributed by atoms with Crippen LogP contribution in [0.3, 0.4) is 0 Å². The largest absolute Gasteiger partial charge is 0.356 e. The zero-order valence-electron chi connectivity index (χ0n) is 18.6. The number of piperidine rings is 1. The first kappa shape index (κ1) is 22.7. The Kier molecular flexibility index (Phi) is 7.51. The molecular formula is C28H29FN2O2. The van der Waals surface area contributed by atoms with Crippen molar-refractivity contribution in [2.45, 2.75) is 25.2 Å². The van der Waals surface area contributed by atoms with Crippen LogP contribution in [0.25, 0.3) is 0 Å². The first-order chi connectivity index (χ1) is 16.1. The average Bonchev–Trinajstić information content (AvgIpc) is 2.88. The van der Waals surface area contributed by atoms with Gasteiger partial charge in [0, 0.05) is 37.0 Å². The predicted octanol–water partition coefficient (Wildman–Crippen LogP) is 5.02. The minimum absolute atomic E-state index is 0.0590. The summed E-state index contributed by atoms with van der Waals surface area (Å²) in [6.07, 6.45) is 2.10. The van der Waals surface area contributed by atoms with Crippen LogP contribution in [0, 0.1) is 11.7 Å². The second-order valence-corrected chi connectivity index (χ2v) is 8.53. The molecule has 3 aromatic carbocycles. The number of benzene rings is 3. The molecule has 1 N–H and O–H groups in total. The molecule has 0 bridgehead atoms. The summed E-state index contributed by atoms with van der Waals surface area (Å²) in [5, 5.41) is 3.12. The van der Waals surface area contributed by atoms with Crippen molar-refractivity contribution in [2.75, 3.05) is 19.6 Å². The number of hydrogen-bond acceptors (Lipinski definition) is 2. The van der Waals surface area contributed by atoms with Crippen molar-refractivity contribution < 1.29 is 14.0 Å². The molecule has 33 heavy (non-hydrogen) atoms. The van der Waals surface area contributed by atoms with Gasteiger partial charge in [0.25, 0.3) is 5.91 Å². The van der Waals surface area contributed by atoms with E-state index in [-0.39, 0.29) is 29.5 Å². The number of rotatable bonds is 7. The van der Waals surface area contributed by atoms with Gasteiger partial charge in [-0.15, -0.1) is 0 Å². The zero-order valence-corrected chi connectivity index (χ0v) is 18.6. The highest BCUT2D eigenvalue weighted by molar-refractivity contribution is 5.94. The van der Waals surface area contributed by atoms with Gasteiger partial charge < -0.3 is 10.2 Å². The number of nitrogens with zero attached hydrogens (tertiary/aromatic N) is 1. The summed E-state index contributed by atoms with van der Waals surface area (Å²) in [6, 6.07) is 26.4.